The molecule has 7 heteroatoms. The van der Waals surface area contributed by atoms with Crippen molar-refractivity contribution in [3.8, 4) is 0 Å². The van der Waals surface area contributed by atoms with Gasteiger partial charge in [-0.15, -0.1) is 0 Å². The summed E-state index contributed by atoms with van der Waals surface area (Å²) in [6, 6.07) is 0. The second-order valence-electron chi connectivity index (χ2n) is 9.89. The van der Waals surface area contributed by atoms with Crippen LogP contribution >= 0.6 is 0 Å². The third kappa shape index (κ3) is 3.97. The molecule has 0 amide bonds. The predicted molar refractivity (Wildman–Crippen MR) is 103 cm³/mol. The van der Waals surface area contributed by atoms with E-state index in [-0.39, 0.29) is 23.4 Å². The molecule has 2 bridgehead atoms. The Balaban J connectivity index is 1.63. The highest BCUT2D eigenvalue weighted by Gasteiger charge is 2.59. The van der Waals surface area contributed by atoms with Crippen LogP contribution in [0.15, 0.2) is 12.2 Å². The number of carbonyl (C=O) groups excluding carboxylic acids is 2. The molecule has 4 aliphatic rings. The standard InChI is InChI=1S/C22H32O7/c1-12-14-10-18(27-19(12)24)20(3,25)8-6-16-21(4,28-16)9-7-17-22(5,29-17)11-15(14)26-13(2)23/h14-18,25H,1,6-11H2,2-5H3. The van der Waals surface area contributed by atoms with Crippen LogP contribution in [0.4, 0.5) is 0 Å². The zero-order valence-electron chi connectivity index (χ0n) is 17.7. The maximum atomic E-state index is 12.5. The molecule has 0 aromatic heterocycles. The first kappa shape index (κ1) is 20.8. The average molecular weight is 408 g/mol. The quantitative estimate of drug-likeness (QED) is 0.404. The lowest BCUT2D eigenvalue weighted by atomic mass is 9.76. The molecule has 0 aromatic rings. The zero-order valence-corrected chi connectivity index (χ0v) is 17.7. The Labute approximate surface area is 171 Å². The van der Waals surface area contributed by atoms with Crippen LogP contribution in [0.2, 0.25) is 0 Å². The zero-order chi connectivity index (χ0) is 21.2. The van der Waals surface area contributed by atoms with E-state index in [2.05, 4.69) is 13.5 Å². The first-order valence-electron chi connectivity index (χ1n) is 10.6. The number of fused-ring (bicyclic) bond motifs is 4. The Morgan fingerprint density at radius 3 is 2.41 bits per heavy atom. The highest BCUT2D eigenvalue weighted by molar-refractivity contribution is 5.89. The highest BCUT2D eigenvalue weighted by atomic mass is 16.6. The predicted octanol–water partition coefficient (Wildman–Crippen LogP) is 2.44. The minimum Gasteiger partial charge on any atom is -0.462 e. The monoisotopic (exact) mass is 408 g/mol. The number of ether oxygens (including phenoxy) is 4. The molecule has 4 rings (SSSR count). The van der Waals surface area contributed by atoms with Crippen molar-refractivity contribution in [1.82, 2.24) is 0 Å². The van der Waals surface area contributed by atoms with Crippen LogP contribution in [0.5, 0.6) is 0 Å². The van der Waals surface area contributed by atoms with Crippen LogP contribution in [-0.4, -0.2) is 58.3 Å². The fourth-order valence-electron chi connectivity index (χ4n) is 5.12. The van der Waals surface area contributed by atoms with E-state index in [0.29, 0.717) is 25.7 Å². The Morgan fingerprint density at radius 1 is 1.10 bits per heavy atom. The van der Waals surface area contributed by atoms with Crippen LogP contribution < -0.4 is 0 Å². The molecule has 3 heterocycles. The van der Waals surface area contributed by atoms with E-state index in [1.807, 2.05) is 6.92 Å². The molecule has 4 fully saturated rings. The number of aliphatic hydroxyl groups is 1. The van der Waals surface area contributed by atoms with Gasteiger partial charge in [-0.2, -0.15) is 0 Å². The summed E-state index contributed by atoms with van der Waals surface area (Å²) < 4.78 is 23.1. The molecule has 29 heavy (non-hydrogen) atoms. The van der Waals surface area contributed by atoms with Gasteiger partial charge in [-0.1, -0.05) is 6.58 Å². The number of rotatable bonds is 1. The van der Waals surface area contributed by atoms with Crippen LogP contribution in [0.1, 0.15) is 66.2 Å². The molecule has 8 atom stereocenters. The molecule has 3 aliphatic heterocycles. The molecule has 1 saturated carbocycles. The van der Waals surface area contributed by atoms with E-state index >= 15 is 0 Å². The maximum Gasteiger partial charge on any atom is 0.334 e. The number of carbonyl (C=O) groups is 2. The van der Waals surface area contributed by atoms with Crippen LogP contribution in [0, 0.1) is 5.92 Å². The Hall–Kier alpha value is -1.44. The van der Waals surface area contributed by atoms with E-state index < -0.39 is 41.3 Å². The van der Waals surface area contributed by atoms with Crippen molar-refractivity contribution in [3.05, 3.63) is 12.2 Å². The normalized spacial score (nSPS) is 49.8. The van der Waals surface area contributed by atoms with Crippen molar-refractivity contribution >= 4 is 11.9 Å². The van der Waals surface area contributed by atoms with Crippen molar-refractivity contribution in [2.75, 3.05) is 0 Å². The van der Waals surface area contributed by atoms with Gasteiger partial charge < -0.3 is 24.1 Å². The lowest BCUT2D eigenvalue weighted by Gasteiger charge is -2.41. The Morgan fingerprint density at radius 2 is 1.72 bits per heavy atom. The number of epoxide rings is 2. The number of esters is 2. The summed E-state index contributed by atoms with van der Waals surface area (Å²) in [5.74, 6) is -1.36. The molecule has 162 valence electrons. The first-order valence-corrected chi connectivity index (χ1v) is 10.6. The molecule has 0 aromatic carbocycles. The molecule has 1 N–H and O–H groups in total. The van der Waals surface area contributed by atoms with Gasteiger partial charge in [0.15, 0.2) is 0 Å². The van der Waals surface area contributed by atoms with E-state index in [0.717, 1.165) is 12.8 Å². The Kier molecular flexibility index (Phi) is 4.87. The summed E-state index contributed by atoms with van der Waals surface area (Å²) in [5.41, 5.74) is -1.52. The van der Waals surface area contributed by atoms with Gasteiger partial charge >= 0.3 is 11.9 Å². The summed E-state index contributed by atoms with van der Waals surface area (Å²) in [6.45, 7) is 11.1. The van der Waals surface area contributed by atoms with Crippen molar-refractivity contribution < 1.29 is 33.6 Å². The highest BCUT2D eigenvalue weighted by Crippen LogP contribution is 2.51. The van der Waals surface area contributed by atoms with Crippen molar-refractivity contribution in [3.63, 3.8) is 0 Å². The molecule has 1 aliphatic carbocycles. The van der Waals surface area contributed by atoms with Crippen LogP contribution in [0.25, 0.3) is 0 Å². The van der Waals surface area contributed by atoms with Gasteiger partial charge in [0, 0.05) is 24.8 Å². The lowest BCUT2D eigenvalue weighted by Crippen LogP contribution is -2.50. The van der Waals surface area contributed by atoms with Crippen molar-refractivity contribution in [1.29, 1.82) is 0 Å². The summed E-state index contributed by atoms with van der Waals surface area (Å²) in [7, 11) is 0. The van der Waals surface area contributed by atoms with Gasteiger partial charge in [-0.25, -0.2) is 4.79 Å². The third-order valence-electron chi connectivity index (χ3n) is 7.38. The van der Waals surface area contributed by atoms with E-state index in [1.165, 1.54) is 6.92 Å². The minimum atomic E-state index is -1.20. The van der Waals surface area contributed by atoms with Crippen molar-refractivity contribution in [2.45, 2.75) is 107 Å². The van der Waals surface area contributed by atoms with Gasteiger partial charge in [0.25, 0.3) is 0 Å². The molecule has 0 radical (unpaired) electrons. The third-order valence-corrected chi connectivity index (χ3v) is 7.38. The van der Waals surface area contributed by atoms with Gasteiger partial charge in [-0.05, 0) is 52.9 Å². The smallest absolute Gasteiger partial charge is 0.334 e. The fourth-order valence-corrected chi connectivity index (χ4v) is 5.12. The van der Waals surface area contributed by atoms with E-state index in [1.54, 1.807) is 6.92 Å². The molecule has 7 nitrogen and oxygen atoms in total. The van der Waals surface area contributed by atoms with Crippen molar-refractivity contribution in [2.24, 2.45) is 5.92 Å². The minimum absolute atomic E-state index is 0.0767. The first-order chi connectivity index (χ1) is 13.4. The Bertz CT molecular complexity index is 731. The molecular formula is C22H32O7. The maximum absolute atomic E-state index is 12.5. The second-order valence-corrected chi connectivity index (χ2v) is 9.89. The van der Waals surface area contributed by atoms with Gasteiger partial charge in [0.1, 0.15) is 12.2 Å². The van der Waals surface area contributed by atoms with E-state index in [4.69, 9.17) is 18.9 Å². The molecule has 8 unspecified atom stereocenters. The summed E-state index contributed by atoms with van der Waals surface area (Å²) in [5, 5.41) is 11.1. The van der Waals surface area contributed by atoms with Gasteiger partial charge in [0.2, 0.25) is 0 Å². The summed E-state index contributed by atoms with van der Waals surface area (Å²) >= 11 is 0. The van der Waals surface area contributed by atoms with Gasteiger partial charge in [0.05, 0.1) is 29.0 Å². The largest absolute Gasteiger partial charge is 0.462 e. The average Bonchev–Trinajstić information content (AvgIpc) is 3.47. The van der Waals surface area contributed by atoms with Gasteiger partial charge in [-0.3, -0.25) is 4.79 Å². The summed E-state index contributed by atoms with van der Waals surface area (Å²) in [6.07, 6.45) is 2.66. The van der Waals surface area contributed by atoms with Crippen LogP contribution in [0.3, 0.4) is 0 Å². The number of hydrogen-bond donors (Lipinski definition) is 1. The fraction of sp³-hybridized carbons (Fsp3) is 0.818. The molecule has 0 spiro atoms. The van der Waals surface area contributed by atoms with E-state index in [9.17, 15) is 14.7 Å². The number of hydrogen-bond acceptors (Lipinski definition) is 7. The lowest BCUT2D eigenvalue weighted by molar-refractivity contribution is -0.175. The topological polar surface area (TPSA) is 97.9 Å². The molecular weight excluding hydrogens is 376 g/mol. The second kappa shape index (κ2) is 6.79. The molecule has 3 saturated heterocycles. The van der Waals surface area contributed by atoms with Crippen LogP contribution in [-0.2, 0) is 28.5 Å². The summed E-state index contributed by atoms with van der Waals surface area (Å²) in [4.78, 5) is 24.3. The SMILES string of the molecule is C=C1C(=O)OC2CC1C(OC(C)=O)CC1(C)OC1CCC1(C)OC1CCC2(C)O.